The molecule has 114 valence electrons. The molecular formula is C16H35N3. The van der Waals surface area contributed by atoms with E-state index in [9.17, 15) is 0 Å². The second-order valence-electron chi connectivity index (χ2n) is 5.77. The predicted octanol–water partition coefficient (Wildman–Crippen LogP) is 2.57. The fourth-order valence-electron chi connectivity index (χ4n) is 3.35. The summed E-state index contributed by atoms with van der Waals surface area (Å²) in [7, 11) is 0. The van der Waals surface area contributed by atoms with Gasteiger partial charge in [0.2, 0.25) is 0 Å². The van der Waals surface area contributed by atoms with Gasteiger partial charge in [-0.25, -0.2) is 0 Å². The zero-order chi connectivity index (χ0) is 14.1. The van der Waals surface area contributed by atoms with Crippen LogP contribution >= 0.6 is 0 Å². The average Bonchev–Trinajstić information content (AvgIpc) is 2.88. The van der Waals surface area contributed by atoms with Gasteiger partial charge in [0.1, 0.15) is 0 Å². The SMILES string of the molecule is CCNC(CC)CCCN1CCC(N(CC)CC)C1. The molecule has 0 spiro atoms. The van der Waals surface area contributed by atoms with Crippen LogP contribution in [0, 0.1) is 0 Å². The van der Waals surface area contributed by atoms with Crippen LogP contribution in [0.5, 0.6) is 0 Å². The highest BCUT2D eigenvalue weighted by molar-refractivity contribution is 4.82. The zero-order valence-corrected chi connectivity index (χ0v) is 13.6. The van der Waals surface area contributed by atoms with E-state index >= 15 is 0 Å². The van der Waals surface area contributed by atoms with Gasteiger partial charge < -0.3 is 10.2 Å². The van der Waals surface area contributed by atoms with Gasteiger partial charge in [-0.1, -0.05) is 27.7 Å². The van der Waals surface area contributed by atoms with E-state index in [0.29, 0.717) is 0 Å². The monoisotopic (exact) mass is 269 g/mol. The number of rotatable bonds is 10. The molecule has 1 saturated heterocycles. The summed E-state index contributed by atoms with van der Waals surface area (Å²) < 4.78 is 0. The van der Waals surface area contributed by atoms with Crippen molar-refractivity contribution >= 4 is 0 Å². The molecule has 1 N–H and O–H groups in total. The van der Waals surface area contributed by atoms with Gasteiger partial charge >= 0.3 is 0 Å². The second kappa shape index (κ2) is 9.73. The van der Waals surface area contributed by atoms with Gasteiger partial charge in [0.15, 0.2) is 0 Å². The van der Waals surface area contributed by atoms with Gasteiger partial charge in [0.05, 0.1) is 0 Å². The van der Waals surface area contributed by atoms with Crippen LogP contribution in [0.25, 0.3) is 0 Å². The van der Waals surface area contributed by atoms with E-state index in [1.54, 1.807) is 0 Å². The highest BCUT2D eigenvalue weighted by atomic mass is 15.2. The number of nitrogens with zero attached hydrogens (tertiary/aromatic N) is 2. The maximum absolute atomic E-state index is 3.58. The molecule has 0 aromatic rings. The average molecular weight is 269 g/mol. The fourth-order valence-corrected chi connectivity index (χ4v) is 3.35. The lowest BCUT2D eigenvalue weighted by atomic mass is 10.1. The first-order valence-electron chi connectivity index (χ1n) is 8.44. The summed E-state index contributed by atoms with van der Waals surface area (Å²) in [5.74, 6) is 0. The Labute approximate surface area is 120 Å². The van der Waals surface area contributed by atoms with Gasteiger partial charge in [0.25, 0.3) is 0 Å². The first-order valence-corrected chi connectivity index (χ1v) is 8.44. The van der Waals surface area contributed by atoms with Crippen molar-refractivity contribution in [2.75, 3.05) is 39.3 Å². The molecule has 3 heteroatoms. The molecule has 0 aromatic heterocycles. The van der Waals surface area contributed by atoms with E-state index < -0.39 is 0 Å². The molecule has 3 nitrogen and oxygen atoms in total. The van der Waals surface area contributed by atoms with Crippen LogP contribution in [0.2, 0.25) is 0 Å². The predicted molar refractivity (Wildman–Crippen MR) is 84.8 cm³/mol. The number of likely N-dealkylation sites (N-methyl/N-ethyl adjacent to an activating group) is 1. The molecule has 1 aliphatic rings. The molecule has 2 atom stereocenters. The number of hydrogen-bond acceptors (Lipinski definition) is 3. The molecule has 1 aliphatic heterocycles. The Balaban J connectivity index is 2.18. The van der Waals surface area contributed by atoms with Crippen molar-refractivity contribution in [3.8, 4) is 0 Å². The van der Waals surface area contributed by atoms with Gasteiger partial charge in [-0.2, -0.15) is 0 Å². The number of hydrogen-bond donors (Lipinski definition) is 1. The molecule has 1 fully saturated rings. The minimum absolute atomic E-state index is 0.728. The lowest BCUT2D eigenvalue weighted by Crippen LogP contribution is -2.37. The topological polar surface area (TPSA) is 18.5 Å². The molecule has 0 saturated carbocycles. The van der Waals surface area contributed by atoms with Crippen molar-refractivity contribution in [3.63, 3.8) is 0 Å². The summed E-state index contributed by atoms with van der Waals surface area (Å²) in [5.41, 5.74) is 0. The van der Waals surface area contributed by atoms with E-state index in [4.69, 9.17) is 0 Å². The second-order valence-corrected chi connectivity index (χ2v) is 5.77. The smallest absolute Gasteiger partial charge is 0.0235 e. The van der Waals surface area contributed by atoms with E-state index in [-0.39, 0.29) is 0 Å². The van der Waals surface area contributed by atoms with Crippen molar-refractivity contribution in [2.45, 2.75) is 65.5 Å². The van der Waals surface area contributed by atoms with Crippen molar-refractivity contribution in [1.82, 2.24) is 15.1 Å². The summed E-state index contributed by atoms with van der Waals surface area (Å²) in [6.07, 6.45) is 5.30. The van der Waals surface area contributed by atoms with Crippen LogP contribution in [0.3, 0.4) is 0 Å². The van der Waals surface area contributed by atoms with E-state index in [0.717, 1.165) is 18.6 Å². The van der Waals surface area contributed by atoms with Gasteiger partial charge in [-0.3, -0.25) is 4.90 Å². The minimum Gasteiger partial charge on any atom is -0.314 e. The standard InChI is InChI=1S/C16H35N3/c1-5-15(17-6-2)10-9-12-18-13-11-16(14-18)19(7-3)8-4/h15-17H,5-14H2,1-4H3. The molecule has 0 radical (unpaired) electrons. The van der Waals surface area contributed by atoms with Gasteiger partial charge in [0, 0.05) is 18.6 Å². The Hall–Kier alpha value is -0.120. The molecule has 1 rings (SSSR count). The molecule has 0 bridgehead atoms. The third kappa shape index (κ3) is 5.80. The Kier molecular flexibility index (Phi) is 8.67. The molecule has 19 heavy (non-hydrogen) atoms. The fraction of sp³-hybridized carbons (Fsp3) is 1.00. The lowest BCUT2D eigenvalue weighted by molar-refractivity contribution is 0.209. The Morgan fingerprint density at radius 1 is 1.21 bits per heavy atom. The van der Waals surface area contributed by atoms with Crippen LogP contribution in [0.1, 0.15) is 53.4 Å². The zero-order valence-electron chi connectivity index (χ0n) is 13.6. The van der Waals surface area contributed by atoms with Crippen molar-refractivity contribution < 1.29 is 0 Å². The number of likely N-dealkylation sites (tertiary alicyclic amines) is 1. The maximum atomic E-state index is 3.58. The highest BCUT2D eigenvalue weighted by Gasteiger charge is 2.25. The van der Waals surface area contributed by atoms with Gasteiger partial charge in [-0.05, 0) is 58.4 Å². The van der Waals surface area contributed by atoms with Crippen molar-refractivity contribution in [3.05, 3.63) is 0 Å². The summed E-state index contributed by atoms with van der Waals surface area (Å²) in [6, 6.07) is 1.54. The van der Waals surface area contributed by atoms with Crippen LogP contribution in [-0.4, -0.2) is 61.2 Å². The first kappa shape index (κ1) is 16.9. The molecule has 0 aromatic carbocycles. The van der Waals surface area contributed by atoms with Crippen molar-refractivity contribution in [1.29, 1.82) is 0 Å². The lowest BCUT2D eigenvalue weighted by Gasteiger charge is -2.26. The summed E-state index contributed by atoms with van der Waals surface area (Å²) in [4.78, 5) is 5.29. The normalized spacial score (nSPS) is 22.3. The summed E-state index contributed by atoms with van der Waals surface area (Å²) >= 11 is 0. The van der Waals surface area contributed by atoms with E-state index in [2.05, 4.69) is 42.8 Å². The van der Waals surface area contributed by atoms with Crippen LogP contribution in [0.4, 0.5) is 0 Å². The number of nitrogens with one attached hydrogen (secondary N) is 1. The largest absolute Gasteiger partial charge is 0.314 e. The van der Waals surface area contributed by atoms with Crippen LogP contribution < -0.4 is 5.32 Å². The first-order chi connectivity index (χ1) is 9.24. The third-order valence-electron chi connectivity index (χ3n) is 4.59. The third-order valence-corrected chi connectivity index (χ3v) is 4.59. The highest BCUT2D eigenvalue weighted by Crippen LogP contribution is 2.16. The molecule has 0 amide bonds. The molecule has 0 aliphatic carbocycles. The summed E-state index contributed by atoms with van der Waals surface area (Å²) in [5, 5.41) is 3.58. The van der Waals surface area contributed by atoms with Gasteiger partial charge in [-0.15, -0.1) is 0 Å². The maximum Gasteiger partial charge on any atom is 0.0235 e. The molecular weight excluding hydrogens is 234 g/mol. The Morgan fingerprint density at radius 3 is 2.53 bits per heavy atom. The van der Waals surface area contributed by atoms with Crippen LogP contribution in [-0.2, 0) is 0 Å². The molecule has 1 heterocycles. The van der Waals surface area contributed by atoms with Crippen molar-refractivity contribution in [2.24, 2.45) is 0 Å². The Morgan fingerprint density at radius 2 is 1.95 bits per heavy atom. The van der Waals surface area contributed by atoms with E-state index in [1.807, 2.05) is 0 Å². The summed E-state index contributed by atoms with van der Waals surface area (Å²) in [6.45, 7) is 16.5. The Bertz CT molecular complexity index is 216. The quantitative estimate of drug-likeness (QED) is 0.657. The van der Waals surface area contributed by atoms with Crippen LogP contribution in [0.15, 0.2) is 0 Å². The minimum atomic E-state index is 0.728. The molecule has 2 unspecified atom stereocenters. The van der Waals surface area contributed by atoms with E-state index in [1.165, 1.54) is 58.4 Å².